The van der Waals surface area contributed by atoms with Crippen molar-refractivity contribution >= 4 is 16.9 Å². The van der Waals surface area contributed by atoms with E-state index in [4.69, 9.17) is 0 Å². The third-order valence-electron chi connectivity index (χ3n) is 4.37. The minimum atomic E-state index is -0.214. The highest BCUT2D eigenvalue weighted by Gasteiger charge is 2.12. The maximum Gasteiger partial charge on any atom is 0.264 e. The minimum Gasteiger partial charge on any atom is -0.352 e. The number of rotatable bonds is 6. The summed E-state index contributed by atoms with van der Waals surface area (Å²) in [5, 5.41) is 7.53. The van der Waals surface area contributed by atoms with Gasteiger partial charge in [-0.3, -0.25) is 19.1 Å². The number of nitrogens with zero attached hydrogens (tertiary/aromatic N) is 5. The Morgan fingerprint density at radius 1 is 1.07 bits per heavy atom. The van der Waals surface area contributed by atoms with E-state index >= 15 is 0 Å². The lowest BCUT2D eigenvalue weighted by Gasteiger charge is -2.07. The van der Waals surface area contributed by atoms with Crippen molar-refractivity contribution in [2.24, 2.45) is 0 Å². The van der Waals surface area contributed by atoms with Gasteiger partial charge in [-0.15, -0.1) is 0 Å². The van der Waals surface area contributed by atoms with E-state index in [0.717, 1.165) is 11.3 Å². The number of carbonyl (C=O) groups is 1. The van der Waals surface area contributed by atoms with Gasteiger partial charge in [0.05, 0.1) is 18.2 Å². The predicted molar refractivity (Wildman–Crippen MR) is 104 cm³/mol. The standard InChI is InChI=1S/C20H18N6O2/c27-18(22-12-15-6-9-21-10-7-15)8-11-25-14-23-19-17(20(25)28)13-24-26(19)16-4-2-1-3-5-16/h1-7,9-10,13-14H,8,11-12H2,(H,22,27). The van der Waals surface area contributed by atoms with Gasteiger partial charge in [-0.2, -0.15) is 5.10 Å². The number of nitrogens with one attached hydrogen (secondary N) is 1. The Balaban J connectivity index is 1.45. The molecule has 1 aromatic carbocycles. The van der Waals surface area contributed by atoms with Crippen molar-refractivity contribution in [3.8, 4) is 5.69 Å². The van der Waals surface area contributed by atoms with Crippen molar-refractivity contribution < 1.29 is 4.79 Å². The molecule has 1 amide bonds. The molecule has 3 heterocycles. The molecule has 3 aromatic heterocycles. The van der Waals surface area contributed by atoms with Crippen LogP contribution in [0.25, 0.3) is 16.7 Å². The van der Waals surface area contributed by atoms with Gasteiger partial charge in [0.1, 0.15) is 5.39 Å². The quantitative estimate of drug-likeness (QED) is 0.554. The first-order valence-electron chi connectivity index (χ1n) is 8.86. The topological polar surface area (TPSA) is 94.7 Å². The fourth-order valence-corrected chi connectivity index (χ4v) is 2.88. The molecule has 0 aliphatic heterocycles. The second kappa shape index (κ2) is 7.83. The number of amides is 1. The fraction of sp³-hybridized carbons (Fsp3) is 0.150. The number of fused-ring (bicyclic) bond motifs is 1. The summed E-state index contributed by atoms with van der Waals surface area (Å²) in [6.07, 6.45) is 6.51. The van der Waals surface area contributed by atoms with Crippen LogP contribution in [0.15, 0.2) is 72.2 Å². The maximum absolute atomic E-state index is 12.7. The van der Waals surface area contributed by atoms with Crippen molar-refractivity contribution in [1.29, 1.82) is 0 Å². The van der Waals surface area contributed by atoms with Crippen molar-refractivity contribution in [3.05, 3.63) is 83.3 Å². The van der Waals surface area contributed by atoms with Crippen LogP contribution < -0.4 is 10.9 Å². The van der Waals surface area contributed by atoms with Crippen LogP contribution in [0.3, 0.4) is 0 Å². The molecule has 0 saturated heterocycles. The molecule has 0 saturated carbocycles. The number of pyridine rings is 1. The van der Waals surface area contributed by atoms with Crippen molar-refractivity contribution in [2.75, 3.05) is 0 Å². The number of para-hydroxylation sites is 1. The molecule has 0 fully saturated rings. The van der Waals surface area contributed by atoms with Crippen LogP contribution in [0.2, 0.25) is 0 Å². The van der Waals surface area contributed by atoms with Crippen LogP contribution in [-0.2, 0) is 17.9 Å². The average Bonchev–Trinajstić information content (AvgIpc) is 3.18. The molecule has 1 N–H and O–H groups in total. The summed E-state index contributed by atoms with van der Waals surface area (Å²) in [7, 11) is 0. The first-order valence-corrected chi connectivity index (χ1v) is 8.86. The molecule has 0 unspecified atom stereocenters. The lowest BCUT2D eigenvalue weighted by atomic mass is 10.2. The van der Waals surface area contributed by atoms with Crippen LogP contribution >= 0.6 is 0 Å². The highest BCUT2D eigenvalue weighted by molar-refractivity contribution is 5.76. The average molecular weight is 374 g/mol. The molecule has 0 radical (unpaired) electrons. The third kappa shape index (κ3) is 3.66. The predicted octanol–water partition coefficient (Wildman–Crippen LogP) is 1.68. The van der Waals surface area contributed by atoms with Crippen molar-refractivity contribution in [3.63, 3.8) is 0 Å². The molecule has 0 aliphatic rings. The normalized spacial score (nSPS) is 10.9. The van der Waals surface area contributed by atoms with Gasteiger partial charge in [-0.25, -0.2) is 9.67 Å². The number of hydrogen-bond acceptors (Lipinski definition) is 5. The molecule has 4 rings (SSSR count). The molecular weight excluding hydrogens is 356 g/mol. The van der Waals surface area contributed by atoms with Gasteiger partial charge in [0, 0.05) is 31.9 Å². The van der Waals surface area contributed by atoms with E-state index in [2.05, 4.69) is 20.4 Å². The lowest BCUT2D eigenvalue weighted by Crippen LogP contribution is -2.27. The van der Waals surface area contributed by atoms with E-state index in [1.54, 1.807) is 17.1 Å². The number of aromatic nitrogens is 5. The number of hydrogen-bond donors (Lipinski definition) is 1. The summed E-state index contributed by atoms with van der Waals surface area (Å²) in [5.41, 5.74) is 2.08. The maximum atomic E-state index is 12.7. The molecule has 0 atom stereocenters. The molecule has 140 valence electrons. The van der Waals surface area contributed by atoms with Crippen LogP contribution in [0.5, 0.6) is 0 Å². The largest absolute Gasteiger partial charge is 0.352 e. The lowest BCUT2D eigenvalue weighted by molar-refractivity contribution is -0.121. The van der Waals surface area contributed by atoms with E-state index in [1.807, 2.05) is 42.5 Å². The summed E-state index contributed by atoms with van der Waals surface area (Å²) in [5.74, 6) is -0.135. The summed E-state index contributed by atoms with van der Waals surface area (Å²) in [6.45, 7) is 0.678. The van der Waals surface area contributed by atoms with Gasteiger partial charge < -0.3 is 5.32 Å². The molecule has 4 aromatic rings. The van der Waals surface area contributed by atoms with E-state index in [9.17, 15) is 9.59 Å². The van der Waals surface area contributed by atoms with Gasteiger partial charge in [0.2, 0.25) is 5.91 Å². The van der Waals surface area contributed by atoms with Crippen LogP contribution in [-0.4, -0.2) is 30.2 Å². The molecular formula is C20H18N6O2. The monoisotopic (exact) mass is 374 g/mol. The Labute approximate surface area is 160 Å². The second-order valence-electron chi connectivity index (χ2n) is 6.25. The molecule has 0 spiro atoms. The first-order chi connectivity index (χ1) is 13.7. The summed E-state index contributed by atoms with van der Waals surface area (Å²) in [6, 6.07) is 13.2. The highest BCUT2D eigenvalue weighted by Crippen LogP contribution is 2.12. The molecule has 28 heavy (non-hydrogen) atoms. The number of carbonyl (C=O) groups excluding carboxylic acids is 1. The van der Waals surface area contributed by atoms with Crippen molar-refractivity contribution in [2.45, 2.75) is 19.5 Å². The summed E-state index contributed by atoms with van der Waals surface area (Å²) >= 11 is 0. The molecule has 0 bridgehead atoms. The highest BCUT2D eigenvalue weighted by atomic mass is 16.1. The van der Waals surface area contributed by atoms with E-state index in [1.165, 1.54) is 17.1 Å². The Morgan fingerprint density at radius 2 is 1.86 bits per heavy atom. The minimum absolute atomic E-state index is 0.135. The van der Waals surface area contributed by atoms with Gasteiger partial charge >= 0.3 is 0 Å². The summed E-state index contributed by atoms with van der Waals surface area (Å²) in [4.78, 5) is 33.1. The fourth-order valence-electron chi connectivity index (χ4n) is 2.88. The van der Waals surface area contributed by atoms with Crippen LogP contribution in [0, 0.1) is 0 Å². The zero-order chi connectivity index (χ0) is 19.3. The van der Waals surface area contributed by atoms with Gasteiger partial charge in [-0.05, 0) is 29.8 Å². The van der Waals surface area contributed by atoms with Gasteiger partial charge in [-0.1, -0.05) is 18.2 Å². The Kier molecular flexibility index (Phi) is 4.92. The molecule has 0 aliphatic carbocycles. The first kappa shape index (κ1) is 17.6. The van der Waals surface area contributed by atoms with Gasteiger partial charge in [0.15, 0.2) is 5.65 Å². The van der Waals surface area contributed by atoms with Crippen LogP contribution in [0.4, 0.5) is 0 Å². The number of benzene rings is 1. The number of aryl methyl sites for hydroxylation is 1. The SMILES string of the molecule is O=C(CCn1cnc2c(cnn2-c2ccccc2)c1=O)NCc1ccncc1. The third-order valence-corrected chi connectivity index (χ3v) is 4.37. The van der Waals surface area contributed by atoms with E-state index in [-0.39, 0.29) is 24.4 Å². The van der Waals surface area contributed by atoms with Crippen LogP contribution in [0.1, 0.15) is 12.0 Å². The van der Waals surface area contributed by atoms with E-state index < -0.39 is 0 Å². The van der Waals surface area contributed by atoms with Crippen molar-refractivity contribution in [1.82, 2.24) is 29.6 Å². The zero-order valence-electron chi connectivity index (χ0n) is 15.0. The smallest absolute Gasteiger partial charge is 0.264 e. The Bertz CT molecular complexity index is 1150. The molecule has 8 nitrogen and oxygen atoms in total. The Morgan fingerprint density at radius 3 is 2.64 bits per heavy atom. The molecule has 8 heteroatoms. The Hall–Kier alpha value is -3.81. The van der Waals surface area contributed by atoms with E-state index in [0.29, 0.717) is 17.6 Å². The van der Waals surface area contributed by atoms with Gasteiger partial charge in [0.25, 0.3) is 5.56 Å². The second-order valence-corrected chi connectivity index (χ2v) is 6.25. The summed E-state index contributed by atoms with van der Waals surface area (Å²) < 4.78 is 3.06. The zero-order valence-corrected chi connectivity index (χ0v) is 15.0.